The summed E-state index contributed by atoms with van der Waals surface area (Å²) in [5.41, 5.74) is 1.32. The second kappa shape index (κ2) is 8.70. The Morgan fingerprint density at radius 1 is 1.18 bits per heavy atom. The number of rotatable bonds is 7. The van der Waals surface area contributed by atoms with E-state index in [2.05, 4.69) is 6.07 Å². The smallest absolute Gasteiger partial charge is 0.259 e. The predicted octanol–water partition coefficient (Wildman–Crippen LogP) is 2.95. The zero-order valence-electron chi connectivity index (χ0n) is 15.9. The van der Waals surface area contributed by atoms with Crippen LogP contribution in [0.4, 0.5) is 0 Å². The van der Waals surface area contributed by atoms with Crippen molar-refractivity contribution >= 4 is 10.8 Å². The SMILES string of the molecule is CCOCC(O)Cn1c(C#N)c(-c2ccccc2)c2cc(OC)ccc2c1=O. The first kappa shape index (κ1) is 19.6. The number of ether oxygens (including phenoxy) is 2. The van der Waals surface area contributed by atoms with Crippen LogP contribution >= 0.6 is 0 Å². The van der Waals surface area contributed by atoms with Crippen molar-refractivity contribution in [2.75, 3.05) is 20.3 Å². The van der Waals surface area contributed by atoms with Crippen LogP contribution in [0.1, 0.15) is 12.6 Å². The van der Waals surface area contributed by atoms with Crippen LogP contribution < -0.4 is 10.3 Å². The van der Waals surface area contributed by atoms with Gasteiger partial charge < -0.3 is 14.6 Å². The highest BCUT2D eigenvalue weighted by molar-refractivity contribution is 5.99. The Kier molecular flexibility index (Phi) is 6.09. The molecule has 6 heteroatoms. The first-order valence-corrected chi connectivity index (χ1v) is 9.06. The quantitative estimate of drug-likeness (QED) is 0.683. The van der Waals surface area contributed by atoms with Crippen LogP contribution in [0, 0.1) is 11.3 Å². The third kappa shape index (κ3) is 3.77. The van der Waals surface area contributed by atoms with E-state index in [1.54, 1.807) is 25.3 Å². The number of hydrogen-bond acceptors (Lipinski definition) is 5. The van der Waals surface area contributed by atoms with E-state index in [-0.39, 0.29) is 24.4 Å². The summed E-state index contributed by atoms with van der Waals surface area (Å²) in [6.45, 7) is 2.36. The molecule has 0 aliphatic heterocycles. The maximum Gasteiger partial charge on any atom is 0.259 e. The van der Waals surface area contributed by atoms with Crippen molar-refractivity contribution in [1.82, 2.24) is 4.57 Å². The maximum atomic E-state index is 13.1. The molecule has 2 aromatic carbocycles. The molecule has 28 heavy (non-hydrogen) atoms. The van der Waals surface area contributed by atoms with Gasteiger partial charge in [-0.1, -0.05) is 30.3 Å². The van der Waals surface area contributed by atoms with Gasteiger partial charge in [-0.2, -0.15) is 5.26 Å². The van der Waals surface area contributed by atoms with Crippen molar-refractivity contribution in [3.05, 3.63) is 64.6 Å². The molecule has 1 heterocycles. The lowest BCUT2D eigenvalue weighted by Crippen LogP contribution is -2.31. The normalized spacial score (nSPS) is 11.9. The number of benzene rings is 2. The third-order valence-corrected chi connectivity index (χ3v) is 4.55. The van der Waals surface area contributed by atoms with Crippen molar-refractivity contribution in [1.29, 1.82) is 5.26 Å². The third-order valence-electron chi connectivity index (χ3n) is 4.55. The van der Waals surface area contributed by atoms with Gasteiger partial charge in [0.1, 0.15) is 17.5 Å². The standard InChI is InChI=1S/C22H22N2O4/c1-3-28-14-16(25)13-24-20(12-23)21(15-7-5-4-6-8-15)19-11-17(27-2)9-10-18(19)22(24)26/h4-11,16,25H,3,13-14H2,1-2H3. The fourth-order valence-electron chi connectivity index (χ4n) is 3.26. The topological polar surface area (TPSA) is 84.5 Å². The molecule has 0 saturated heterocycles. The number of nitriles is 1. The number of nitrogens with zero attached hydrogens (tertiary/aromatic N) is 2. The number of fused-ring (bicyclic) bond motifs is 1. The van der Waals surface area contributed by atoms with Crippen LogP contribution in [0.15, 0.2) is 53.3 Å². The number of aromatic nitrogens is 1. The van der Waals surface area contributed by atoms with Gasteiger partial charge in [0.2, 0.25) is 0 Å². The first-order valence-electron chi connectivity index (χ1n) is 9.06. The van der Waals surface area contributed by atoms with Crippen molar-refractivity contribution in [2.45, 2.75) is 19.6 Å². The zero-order chi connectivity index (χ0) is 20.1. The summed E-state index contributed by atoms with van der Waals surface area (Å²) >= 11 is 0. The van der Waals surface area contributed by atoms with Crippen molar-refractivity contribution in [3.8, 4) is 22.9 Å². The number of methoxy groups -OCH3 is 1. The Bertz CT molecular complexity index is 1070. The molecule has 1 N–H and O–H groups in total. The molecule has 0 aliphatic rings. The van der Waals surface area contributed by atoms with Crippen LogP contribution in [0.2, 0.25) is 0 Å². The molecule has 1 unspecified atom stereocenters. The predicted molar refractivity (Wildman–Crippen MR) is 107 cm³/mol. The number of aliphatic hydroxyl groups excluding tert-OH is 1. The van der Waals surface area contributed by atoms with E-state index >= 15 is 0 Å². The highest BCUT2D eigenvalue weighted by Crippen LogP contribution is 2.32. The summed E-state index contributed by atoms with van der Waals surface area (Å²) in [7, 11) is 1.56. The summed E-state index contributed by atoms with van der Waals surface area (Å²) in [6, 6.07) is 16.8. The van der Waals surface area contributed by atoms with Gasteiger partial charge in [0.15, 0.2) is 0 Å². The maximum absolute atomic E-state index is 13.1. The van der Waals surface area contributed by atoms with Crippen LogP contribution in [-0.2, 0) is 11.3 Å². The molecule has 0 fully saturated rings. The molecule has 0 saturated carbocycles. The van der Waals surface area contributed by atoms with Gasteiger partial charge in [-0.3, -0.25) is 9.36 Å². The molecule has 0 aliphatic carbocycles. The molecule has 0 radical (unpaired) electrons. The lowest BCUT2D eigenvalue weighted by atomic mass is 9.96. The fraction of sp³-hybridized carbons (Fsp3) is 0.273. The molecule has 0 bridgehead atoms. The second-order valence-electron chi connectivity index (χ2n) is 6.34. The highest BCUT2D eigenvalue weighted by Gasteiger charge is 2.20. The van der Waals surface area contributed by atoms with Crippen LogP contribution in [0.5, 0.6) is 5.75 Å². The number of aliphatic hydroxyl groups is 1. The highest BCUT2D eigenvalue weighted by atomic mass is 16.5. The molecule has 3 rings (SSSR count). The second-order valence-corrected chi connectivity index (χ2v) is 6.34. The fourth-order valence-corrected chi connectivity index (χ4v) is 3.26. The van der Waals surface area contributed by atoms with E-state index in [9.17, 15) is 15.2 Å². The van der Waals surface area contributed by atoms with Crippen LogP contribution in [0.3, 0.4) is 0 Å². The Morgan fingerprint density at radius 2 is 1.93 bits per heavy atom. The summed E-state index contributed by atoms with van der Waals surface area (Å²) < 4.78 is 11.9. The average molecular weight is 378 g/mol. The van der Waals surface area contributed by atoms with Crippen LogP contribution in [0.25, 0.3) is 21.9 Å². The molecule has 3 aromatic rings. The van der Waals surface area contributed by atoms with Gasteiger partial charge >= 0.3 is 0 Å². The zero-order valence-corrected chi connectivity index (χ0v) is 15.9. The molecule has 1 aromatic heterocycles. The Labute approximate surface area is 163 Å². The number of hydrogen-bond donors (Lipinski definition) is 1. The molecular formula is C22H22N2O4. The van der Waals surface area contributed by atoms with E-state index in [0.717, 1.165) is 5.56 Å². The lowest BCUT2D eigenvalue weighted by molar-refractivity contribution is 0.0329. The van der Waals surface area contributed by atoms with Crippen molar-refractivity contribution in [2.24, 2.45) is 0 Å². The summed E-state index contributed by atoms with van der Waals surface area (Å²) in [5, 5.41) is 21.3. The number of pyridine rings is 1. The molecule has 6 nitrogen and oxygen atoms in total. The minimum Gasteiger partial charge on any atom is -0.497 e. The summed E-state index contributed by atoms with van der Waals surface area (Å²) in [4.78, 5) is 13.1. The van der Waals surface area contributed by atoms with E-state index in [4.69, 9.17) is 9.47 Å². The van der Waals surface area contributed by atoms with Gasteiger partial charge in [-0.15, -0.1) is 0 Å². The van der Waals surface area contributed by atoms with Gasteiger partial charge in [0.05, 0.1) is 26.4 Å². The minimum atomic E-state index is -0.899. The van der Waals surface area contributed by atoms with Gasteiger partial charge in [0, 0.05) is 22.9 Å². The van der Waals surface area contributed by atoms with E-state index in [1.165, 1.54) is 4.57 Å². The average Bonchev–Trinajstić information content (AvgIpc) is 2.74. The van der Waals surface area contributed by atoms with Crippen molar-refractivity contribution in [3.63, 3.8) is 0 Å². The van der Waals surface area contributed by atoms with Gasteiger partial charge in [-0.05, 0) is 30.7 Å². The molecule has 0 spiro atoms. The Hall–Kier alpha value is -3.14. The minimum absolute atomic E-state index is 0.0243. The largest absolute Gasteiger partial charge is 0.497 e. The first-order chi connectivity index (χ1) is 13.6. The van der Waals surface area contributed by atoms with Crippen LogP contribution in [-0.4, -0.2) is 36.1 Å². The summed E-state index contributed by atoms with van der Waals surface area (Å²) in [5.74, 6) is 0.599. The van der Waals surface area contributed by atoms with E-state index in [0.29, 0.717) is 28.7 Å². The molecule has 0 amide bonds. The summed E-state index contributed by atoms with van der Waals surface area (Å²) in [6.07, 6.45) is -0.899. The molecule has 144 valence electrons. The van der Waals surface area contributed by atoms with Gasteiger partial charge in [-0.25, -0.2) is 0 Å². The Morgan fingerprint density at radius 3 is 2.57 bits per heavy atom. The van der Waals surface area contributed by atoms with Gasteiger partial charge in [0.25, 0.3) is 5.56 Å². The Balaban J connectivity index is 2.31. The molecular weight excluding hydrogens is 356 g/mol. The van der Waals surface area contributed by atoms with E-state index < -0.39 is 6.10 Å². The van der Waals surface area contributed by atoms with E-state index in [1.807, 2.05) is 37.3 Å². The van der Waals surface area contributed by atoms with Crippen molar-refractivity contribution < 1.29 is 14.6 Å². The molecule has 1 atom stereocenters. The lowest BCUT2D eigenvalue weighted by Gasteiger charge is -2.19. The monoisotopic (exact) mass is 378 g/mol.